The molecule has 0 aliphatic heterocycles. The zero-order chi connectivity index (χ0) is 15.5. The van der Waals surface area contributed by atoms with Crippen LogP contribution in [0.25, 0.3) is 0 Å². The molecule has 21 heavy (non-hydrogen) atoms. The van der Waals surface area contributed by atoms with Crippen molar-refractivity contribution in [1.29, 1.82) is 0 Å². The SMILES string of the molecule is C#CCOc1ccc(NC(=O)NCCOCC(=C)C)cc1. The predicted molar refractivity (Wildman–Crippen MR) is 83.4 cm³/mol. The molecule has 0 spiro atoms. The Morgan fingerprint density at radius 2 is 2.10 bits per heavy atom. The Bertz CT molecular complexity index is 503. The number of rotatable bonds is 8. The van der Waals surface area contributed by atoms with Crippen LogP contribution in [0.4, 0.5) is 10.5 Å². The normalized spacial score (nSPS) is 9.52. The van der Waals surface area contributed by atoms with Crippen molar-refractivity contribution in [3.63, 3.8) is 0 Å². The maximum Gasteiger partial charge on any atom is 0.319 e. The van der Waals surface area contributed by atoms with Gasteiger partial charge in [-0.15, -0.1) is 6.42 Å². The van der Waals surface area contributed by atoms with E-state index in [0.29, 0.717) is 31.2 Å². The minimum atomic E-state index is -0.286. The number of carbonyl (C=O) groups excluding carboxylic acids is 1. The first-order valence-corrected chi connectivity index (χ1v) is 6.55. The number of urea groups is 1. The summed E-state index contributed by atoms with van der Waals surface area (Å²) >= 11 is 0. The van der Waals surface area contributed by atoms with Gasteiger partial charge in [0.1, 0.15) is 12.4 Å². The molecule has 1 aromatic rings. The van der Waals surface area contributed by atoms with Gasteiger partial charge in [-0.2, -0.15) is 0 Å². The summed E-state index contributed by atoms with van der Waals surface area (Å²) < 4.78 is 10.5. The minimum absolute atomic E-state index is 0.220. The largest absolute Gasteiger partial charge is 0.481 e. The Morgan fingerprint density at radius 3 is 2.71 bits per heavy atom. The van der Waals surface area contributed by atoms with Crippen molar-refractivity contribution in [1.82, 2.24) is 5.32 Å². The molecule has 1 aromatic carbocycles. The third kappa shape index (κ3) is 7.65. The summed E-state index contributed by atoms with van der Waals surface area (Å²) in [7, 11) is 0. The van der Waals surface area contributed by atoms with Crippen LogP contribution in [0.15, 0.2) is 36.4 Å². The lowest BCUT2D eigenvalue weighted by molar-refractivity contribution is 0.159. The van der Waals surface area contributed by atoms with Gasteiger partial charge in [-0.25, -0.2) is 4.79 Å². The van der Waals surface area contributed by atoms with Crippen LogP contribution in [-0.4, -0.2) is 32.4 Å². The van der Waals surface area contributed by atoms with Crippen molar-refractivity contribution in [2.45, 2.75) is 6.92 Å². The van der Waals surface area contributed by atoms with Gasteiger partial charge in [0.25, 0.3) is 0 Å². The van der Waals surface area contributed by atoms with Gasteiger partial charge >= 0.3 is 6.03 Å². The van der Waals surface area contributed by atoms with Crippen molar-refractivity contribution >= 4 is 11.7 Å². The molecule has 0 atom stereocenters. The third-order valence-corrected chi connectivity index (χ3v) is 2.31. The Hall–Kier alpha value is -2.45. The number of carbonyl (C=O) groups is 1. The third-order valence-electron chi connectivity index (χ3n) is 2.31. The van der Waals surface area contributed by atoms with Crippen molar-refractivity contribution in [2.75, 3.05) is 31.7 Å². The summed E-state index contributed by atoms with van der Waals surface area (Å²) in [5.74, 6) is 3.04. The summed E-state index contributed by atoms with van der Waals surface area (Å²) in [6.07, 6.45) is 5.10. The average molecular weight is 288 g/mol. The molecule has 2 N–H and O–H groups in total. The van der Waals surface area contributed by atoms with E-state index in [4.69, 9.17) is 15.9 Å². The highest BCUT2D eigenvalue weighted by atomic mass is 16.5. The smallest absolute Gasteiger partial charge is 0.319 e. The quantitative estimate of drug-likeness (QED) is 0.439. The van der Waals surface area contributed by atoms with E-state index in [1.807, 2.05) is 6.92 Å². The average Bonchev–Trinajstić information content (AvgIpc) is 2.46. The van der Waals surface area contributed by atoms with Crippen molar-refractivity contribution in [3.8, 4) is 18.1 Å². The zero-order valence-corrected chi connectivity index (χ0v) is 12.1. The lowest BCUT2D eigenvalue weighted by Crippen LogP contribution is -2.31. The van der Waals surface area contributed by atoms with Crippen LogP contribution in [0.3, 0.4) is 0 Å². The van der Waals surface area contributed by atoms with E-state index in [0.717, 1.165) is 5.57 Å². The molecule has 0 aromatic heterocycles. The van der Waals surface area contributed by atoms with Gasteiger partial charge in [0.15, 0.2) is 0 Å². The molecule has 0 heterocycles. The molecule has 5 nitrogen and oxygen atoms in total. The van der Waals surface area contributed by atoms with Crippen LogP contribution in [0.2, 0.25) is 0 Å². The Labute approximate surface area is 125 Å². The Kier molecular flexibility index (Phi) is 7.47. The highest BCUT2D eigenvalue weighted by molar-refractivity contribution is 5.89. The van der Waals surface area contributed by atoms with Gasteiger partial charge in [0, 0.05) is 12.2 Å². The monoisotopic (exact) mass is 288 g/mol. The molecular formula is C16H20N2O3. The fourth-order valence-electron chi connectivity index (χ4n) is 1.42. The van der Waals surface area contributed by atoms with E-state index in [9.17, 15) is 4.79 Å². The summed E-state index contributed by atoms with van der Waals surface area (Å²) in [5.41, 5.74) is 1.62. The van der Waals surface area contributed by atoms with Gasteiger partial charge < -0.3 is 20.1 Å². The molecule has 5 heteroatoms. The van der Waals surface area contributed by atoms with Crippen LogP contribution in [0.5, 0.6) is 5.75 Å². The number of anilines is 1. The molecule has 2 amide bonds. The summed E-state index contributed by atoms with van der Waals surface area (Å²) in [5, 5.41) is 5.40. The van der Waals surface area contributed by atoms with Crippen molar-refractivity contribution in [2.24, 2.45) is 0 Å². The number of benzene rings is 1. The first kappa shape index (κ1) is 16.6. The number of hydrogen-bond donors (Lipinski definition) is 2. The number of terminal acetylenes is 1. The van der Waals surface area contributed by atoms with Crippen LogP contribution in [0, 0.1) is 12.3 Å². The van der Waals surface area contributed by atoms with Crippen LogP contribution < -0.4 is 15.4 Å². The Morgan fingerprint density at radius 1 is 1.38 bits per heavy atom. The van der Waals surface area contributed by atoms with E-state index in [-0.39, 0.29) is 12.6 Å². The topological polar surface area (TPSA) is 59.6 Å². The first-order valence-electron chi connectivity index (χ1n) is 6.55. The van der Waals surface area contributed by atoms with Crippen molar-refractivity contribution in [3.05, 3.63) is 36.4 Å². The van der Waals surface area contributed by atoms with Crippen LogP contribution in [0.1, 0.15) is 6.92 Å². The molecule has 0 unspecified atom stereocenters. The molecule has 0 saturated carbocycles. The molecule has 0 aliphatic rings. The molecule has 1 rings (SSSR count). The second-order valence-corrected chi connectivity index (χ2v) is 4.41. The molecule has 112 valence electrons. The fraction of sp³-hybridized carbons (Fsp3) is 0.312. The van der Waals surface area contributed by atoms with E-state index in [1.165, 1.54) is 0 Å². The predicted octanol–water partition coefficient (Wildman–Crippen LogP) is 2.41. The van der Waals surface area contributed by atoms with Crippen molar-refractivity contribution < 1.29 is 14.3 Å². The molecule has 0 saturated heterocycles. The fourth-order valence-corrected chi connectivity index (χ4v) is 1.42. The maximum atomic E-state index is 11.6. The zero-order valence-electron chi connectivity index (χ0n) is 12.1. The molecule has 0 fully saturated rings. The first-order chi connectivity index (χ1) is 10.1. The van der Waals surface area contributed by atoms with Gasteiger partial charge in [-0.1, -0.05) is 18.1 Å². The lowest BCUT2D eigenvalue weighted by Gasteiger charge is -2.09. The summed E-state index contributed by atoms with van der Waals surface area (Å²) in [4.78, 5) is 11.6. The number of ether oxygens (including phenoxy) is 2. The minimum Gasteiger partial charge on any atom is -0.481 e. The molecule has 0 bridgehead atoms. The second-order valence-electron chi connectivity index (χ2n) is 4.41. The highest BCUT2D eigenvalue weighted by Crippen LogP contribution is 2.15. The van der Waals surface area contributed by atoms with E-state index >= 15 is 0 Å². The second kappa shape index (κ2) is 9.45. The summed E-state index contributed by atoms with van der Waals surface area (Å²) in [6, 6.07) is 6.67. The number of nitrogens with one attached hydrogen (secondary N) is 2. The van der Waals surface area contributed by atoms with E-state index in [2.05, 4.69) is 23.1 Å². The van der Waals surface area contributed by atoms with Crippen LogP contribution in [-0.2, 0) is 4.74 Å². The molecule has 0 aliphatic carbocycles. The van der Waals surface area contributed by atoms with Crippen LogP contribution >= 0.6 is 0 Å². The highest BCUT2D eigenvalue weighted by Gasteiger charge is 2.01. The summed E-state index contributed by atoms with van der Waals surface area (Å²) in [6.45, 7) is 7.21. The molecule has 0 radical (unpaired) electrons. The van der Waals surface area contributed by atoms with Gasteiger partial charge in [0.2, 0.25) is 0 Å². The maximum absolute atomic E-state index is 11.6. The Balaban J connectivity index is 2.25. The molecular weight excluding hydrogens is 268 g/mol. The lowest BCUT2D eigenvalue weighted by atomic mass is 10.3. The van der Waals surface area contributed by atoms with Gasteiger partial charge in [0.05, 0.1) is 13.2 Å². The standard InChI is InChI=1S/C16H20N2O3/c1-4-10-21-15-7-5-14(6-8-15)18-16(19)17-9-11-20-12-13(2)3/h1,5-8H,2,9-12H2,3H3,(H2,17,18,19). The van der Waals surface area contributed by atoms with E-state index in [1.54, 1.807) is 24.3 Å². The van der Waals surface area contributed by atoms with Gasteiger partial charge in [-0.05, 0) is 31.2 Å². The number of amides is 2. The number of hydrogen-bond acceptors (Lipinski definition) is 3. The van der Waals surface area contributed by atoms with Gasteiger partial charge in [-0.3, -0.25) is 0 Å². The van der Waals surface area contributed by atoms with E-state index < -0.39 is 0 Å².